The molecule has 0 saturated carbocycles. The predicted molar refractivity (Wildman–Crippen MR) is 142 cm³/mol. The number of carbonyl (C=O) groups excluding carboxylic acids is 2. The van der Waals surface area contributed by atoms with Crippen molar-refractivity contribution in [1.82, 2.24) is 10.2 Å². The molecule has 12 heteroatoms. The van der Waals surface area contributed by atoms with Crippen molar-refractivity contribution in [2.45, 2.75) is 58.7 Å². The van der Waals surface area contributed by atoms with E-state index in [1.54, 1.807) is 25.1 Å². The molecule has 0 radical (unpaired) electrons. The van der Waals surface area contributed by atoms with Gasteiger partial charge in [-0.1, -0.05) is 36.2 Å². The van der Waals surface area contributed by atoms with Gasteiger partial charge in [0.1, 0.15) is 6.04 Å². The van der Waals surface area contributed by atoms with Crippen molar-refractivity contribution in [2.75, 3.05) is 17.1 Å². The lowest BCUT2D eigenvalue weighted by Gasteiger charge is -2.30. The zero-order chi connectivity index (χ0) is 27.9. The fraction of sp³-hybridized carbons (Fsp3) is 0.440. The smallest absolute Gasteiger partial charge is 0.242 e. The van der Waals surface area contributed by atoms with Crippen LogP contribution in [0.15, 0.2) is 36.4 Å². The van der Waals surface area contributed by atoms with Crippen LogP contribution in [0.1, 0.15) is 45.6 Å². The maximum Gasteiger partial charge on any atom is 0.242 e. The molecule has 37 heavy (non-hydrogen) atoms. The molecular weight excluding hydrogens is 547 g/mol. The number of halogens is 4. The fourth-order valence-electron chi connectivity index (χ4n) is 3.55. The molecule has 1 N–H and O–H groups in total. The second kappa shape index (κ2) is 13.4. The van der Waals surface area contributed by atoms with Gasteiger partial charge in [-0.2, -0.15) is 0 Å². The number of hydrogen-bond donors (Lipinski definition) is 1. The van der Waals surface area contributed by atoms with E-state index in [4.69, 9.17) is 23.2 Å². The number of rotatable bonds is 12. The molecule has 0 unspecified atom stereocenters. The minimum atomic E-state index is -3.85. The van der Waals surface area contributed by atoms with Gasteiger partial charge in [0.05, 0.1) is 11.9 Å². The first-order chi connectivity index (χ1) is 17.3. The summed E-state index contributed by atoms with van der Waals surface area (Å²) < 4.78 is 52.6. The Morgan fingerprint density at radius 1 is 1.05 bits per heavy atom. The lowest BCUT2D eigenvalue weighted by atomic mass is 10.1. The molecule has 0 aliphatic heterocycles. The summed E-state index contributed by atoms with van der Waals surface area (Å²) in [7, 11) is -3.85. The third-order valence-corrected chi connectivity index (χ3v) is 7.80. The Morgan fingerprint density at radius 3 is 2.22 bits per heavy atom. The molecule has 0 fully saturated rings. The zero-order valence-corrected chi connectivity index (χ0v) is 23.4. The molecule has 2 aromatic carbocycles. The van der Waals surface area contributed by atoms with Crippen molar-refractivity contribution in [1.29, 1.82) is 0 Å². The largest absolute Gasteiger partial charge is 0.352 e. The van der Waals surface area contributed by atoms with E-state index in [9.17, 15) is 26.8 Å². The van der Waals surface area contributed by atoms with Crippen LogP contribution in [0.5, 0.6) is 0 Å². The zero-order valence-electron chi connectivity index (χ0n) is 21.1. The molecule has 7 nitrogen and oxygen atoms in total. The molecule has 204 valence electrons. The fourth-order valence-corrected chi connectivity index (χ4v) is 5.02. The highest BCUT2D eigenvalue weighted by Gasteiger charge is 2.28. The third kappa shape index (κ3) is 8.55. The van der Waals surface area contributed by atoms with Gasteiger partial charge in [0.2, 0.25) is 21.8 Å². The summed E-state index contributed by atoms with van der Waals surface area (Å²) in [5.74, 6) is -3.08. The Bertz CT molecular complexity index is 1210. The number of nitrogens with one attached hydrogen (secondary N) is 1. The number of carbonyl (C=O) groups is 2. The average Bonchev–Trinajstić information content (AvgIpc) is 2.82. The van der Waals surface area contributed by atoms with Crippen LogP contribution >= 0.6 is 23.2 Å². The quantitative estimate of drug-likeness (QED) is 0.378. The number of sulfonamides is 1. The molecule has 2 aromatic rings. The van der Waals surface area contributed by atoms with Crippen LogP contribution in [0.4, 0.5) is 14.5 Å². The van der Waals surface area contributed by atoms with Crippen LogP contribution in [0.25, 0.3) is 0 Å². The van der Waals surface area contributed by atoms with Crippen molar-refractivity contribution < 1.29 is 26.8 Å². The highest BCUT2D eigenvalue weighted by atomic mass is 35.5. The topological polar surface area (TPSA) is 86.8 Å². The second-order valence-corrected chi connectivity index (χ2v) is 11.5. The normalized spacial score (nSPS) is 13.1. The third-order valence-electron chi connectivity index (χ3n) is 5.90. The van der Waals surface area contributed by atoms with Gasteiger partial charge < -0.3 is 10.2 Å². The van der Waals surface area contributed by atoms with Crippen molar-refractivity contribution in [2.24, 2.45) is 0 Å². The van der Waals surface area contributed by atoms with Gasteiger partial charge in [-0.3, -0.25) is 13.9 Å². The minimum absolute atomic E-state index is 0.0363. The molecular formula is C25H31Cl2F2N3O4S. The molecule has 0 bridgehead atoms. The van der Waals surface area contributed by atoms with Crippen LogP contribution < -0.4 is 9.62 Å². The van der Waals surface area contributed by atoms with Gasteiger partial charge >= 0.3 is 0 Å². The Kier molecular flexibility index (Phi) is 11.1. The van der Waals surface area contributed by atoms with Gasteiger partial charge in [0, 0.05) is 47.2 Å². The summed E-state index contributed by atoms with van der Waals surface area (Å²) in [4.78, 5) is 27.5. The molecule has 0 heterocycles. The molecule has 2 amide bonds. The molecule has 0 aliphatic carbocycles. The Hall–Kier alpha value is -2.43. The van der Waals surface area contributed by atoms with Crippen molar-refractivity contribution >= 4 is 50.7 Å². The van der Waals surface area contributed by atoms with Crippen LogP contribution in [-0.4, -0.2) is 50.0 Å². The van der Waals surface area contributed by atoms with E-state index in [2.05, 4.69) is 5.32 Å². The minimum Gasteiger partial charge on any atom is -0.352 e. The van der Waals surface area contributed by atoms with Gasteiger partial charge in [0.15, 0.2) is 11.6 Å². The van der Waals surface area contributed by atoms with E-state index < -0.39 is 33.6 Å². The molecule has 0 aliphatic rings. The molecule has 2 atom stereocenters. The van der Waals surface area contributed by atoms with Crippen molar-refractivity contribution in [3.05, 3.63) is 63.6 Å². The summed E-state index contributed by atoms with van der Waals surface area (Å²) >= 11 is 12.6. The van der Waals surface area contributed by atoms with E-state index in [0.29, 0.717) is 22.0 Å². The summed E-state index contributed by atoms with van der Waals surface area (Å²) in [6.07, 6.45) is 1.56. The Morgan fingerprint density at radius 2 is 1.68 bits per heavy atom. The Labute approximate surface area is 226 Å². The van der Waals surface area contributed by atoms with E-state index in [1.807, 2.05) is 13.8 Å². The summed E-state index contributed by atoms with van der Waals surface area (Å²) in [6, 6.07) is 6.71. The lowest BCUT2D eigenvalue weighted by molar-refractivity contribution is -0.140. The van der Waals surface area contributed by atoms with Crippen LogP contribution in [0.3, 0.4) is 0 Å². The van der Waals surface area contributed by atoms with E-state index in [-0.39, 0.29) is 43.6 Å². The summed E-state index contributed by atoms with van der Waals surface area (Å²) in [5.41, 5.74) is 0.414. The molecule has 0 saturated heterocycles. The van der Waals surface area contributed by atoms with Gasteiger partial charge in [-0.25, -0.2) is 17.2 Å². The number of benzene rings is 2. The summed E-state index contributed by atoms with van der Waals surface area (Å²) in [5, 5.41) is 3.52. The van der Waals surface area contributed by atoms with Gasteiger partial charge in [-0.05, 0) is 51.0 Å². The SMILES string of the molecule is CC[C@@H](C)NC(=O)[C@@H](C)N(Cc1c(Cl)cccc1Cl)C(=O)CCCN(c1ccc(F)c(F)c1)S(C)(=O)=O. The summed E-state index contributed by atoms with van der Waals surface area (Å²) in [6.45, 7) is 5.15. The average molecular weight is 579 g/mol. The van der Waals surface area contributed by atoms with Crippen LogP contribution in [-0.2, 0) is 26.2 Å². The predicted octanol–water partition coefficient (Wildman–Crippen LogP) is 5.15. The second-order valence-electron chi connectivity index (χ2n) is 8.75. The van der Waals surface area contributed by atoms with Gasteiger partial charge in [-0.15, -0.1) is 0 Å². The number of hydrogen-bond acceptors (Lipinski definition) is 4. The van der Waals surface area contributed by atoms with Crippen LogP contribution in [0, 0.1) is 11.6 Å². The Balaban J connectivity index is 2.25. The van der Waals surface area contributed by atoms with Crippen molar-refractivity contribution in [3.63, 3.8) is 0 Å². The first-order valence-corrected chi connectivity index (χ1v) is 14.3. The van der Waals surface area contributed by atoms with Crippen molar-refractivity contribution in [3.8, 4) is 0 Å². The van der Waals surface area contributed by atoms with E-state index in [0.717, 1.165) is 28.8 Å². The number of amides is 2. The maximum absolute atomic E-state index is 13.7. The lowest BCUT2D eigenvalue weighted by Crippen LogP contribution is -2.49. The standard InChI is InChI=1S/C25H31Cl2F2N3O4S/c1-5-16(2)30-25(34)17(3)31(15-19-20(26)8-6-9-21(19)27)24(33)10-7-13-32(37(4,35)36)18-11-12-22(28)23(29)14-18/h6,8-9,11-12,14,16-17H,5,7,10,13,15H2,1-4H3,(H,30,34)/t16-,17-/m1/s1. The monoisotopic (exact) mass is 577 g/mol. The molecule has 0 spiro atoms. The first-order valence-electron chi connectivity index (χ1n) is 11.7. The van der Waals surface area contributed by atoms with E-state index in [1.165, 1.54) is 4.90 Å². The van der Waals surface area contributed by atoms with Gasteiger partial charge in [0.25, 0.3) is 0 Å². The number of nitrogens with zero attached hydrogens (tertiary/aromatic N) is 2. The maximum atomic E-state index is 13.7. The molecule has 2 rings (SSSR count). The number of anilines is 1. The first kappa shape index (κ1) is 30.8. The van der Waals surface area contributed by atoms with E-state index >= 15 is 0 Å². The highest BCUT2D eigenvalue weighted by molar-refractivity contribution is 7.92. The molecule has 0 aromatic heterocycles. The van der Waals surface area contributed by atoms with Crippen LogP contribution in [0.2, 0.25) is 10.0 Å². The highest BCUT2D eigenvalue weighted by Crippen LogP contribution is 2.27.